The van der Waals surface area contributed by atoms with Crippen LogP contribution in [0.1, 0.15) is 24.5 Å². The van der Waals surface area contributed by atoms with Crippen molar-refractivity contribution in [3.05, 3.63) is 29.8 Å². The van der Waals surface area contributed by atoms with Crippen molar-refractivity contribution in [2.75, 3.05) is 12.3 Å². The van der Waals surface area contributed by atoms with Crippen LogP contribution in [0.3, 0.4) is 0 Å². The predicted molar refractivity (Wildman–Crippen MR) is 68.9 cm³/mol. The largest absolute Gasteiger partial charge is 0.399 e. The van der Waals surface area contributed by atoms with Crippen molar-refractivity contribution in [1.29, 1.82) is 0 Å². The lowest BCUT2D eigenvalue weighted by Crippen LogP contribution is -2.39. The zero-order chi connectivity index (χ0) is 13.2. The molecule has 1 aliphatic rings. The molecule has 0 aromatic heterocycles. The molecule has 18 heavy (non-hydrogen) atoms. The Balaban J connectivity index is 1.87. The van der Waals surface area contributed by atoms with E-state index in [2.05, 4.69) is 9.44 Å². The molecule has 0 radical (unpaired) electrons. The summed E-state index contributed by atoms with van der Waals surface area (Å²) in [4.78, 5) is 0. The van der Waals surface area contributed by atoms with E-state index in [1.165, 1.54) is 0 Å². The second-order valence-electron chi connectivity index (χ2n) is 4.43. The molecule has 0 spiro atoms. The third-order valence-electron chi connectivity index (χ3n) is 2.69. The Hall–Kier alpha value is -1.15. The standard InChI is InChI=1S/C11H17N3O3S/c12-9-3-1-8(2-4-9)11(15)7-13-18(16,17)14-10-5-6-10/h1-4,10-11,13-15H,5-7,12H2. The highest BCUT2D eigenvalue weighted by molar-refractivity contribution is 7.87. The van der Waals surface area contributed by atoms with E-state index in [0.717, 1.165) is 12.8 Å². The molecule has 1 unspecified atom stereocenters. The average molecular weight is 271 g/mol. The van der Waals surface area contributed by atoms with Crippen LogP contribution < -0.4 is 15.2 Å². The molecule has 0 amide bonds. The maximum absolute atomic E-state index is 11.5. The van der Waals surface area contributed by atoms with Crippen molar-refractivity contribution in [3.63, 3.8) is 0 Å². The minimum absolute atomic E-state index is 0.0520. The highest BCUT2D eigenvalue weighted by atomic mass is 32.2. The van der Waals surface area contributed by atoms with Crippen LogP contribution in [-0.4, -0.2) is 26.1 Å². The molecule has 7 heteroatoms. The molecule has 6 nitrogen and oxygen atoms in total. The fourth-order valence-electron chi connectivity index (χ4n) is 1.49. The molecule has 1 atom stereocenters. The van der Waals surface area contributed by atoms with Crippen molar-refractivity contribution >= 4 is 15.9 Å². The highest BCUT2D eigenvalue weighted by Gasteiger charge is 2.27. The number of nitrogens with two attached hydrogens (primary N) is 1. The van der Waals surface area contributed by atoms with Crippen LogP contribution in [0.4, 0.5) is 5.69 Å². The maximum atomic E-state index is 11.5. The zero-order valence-electron chi connectivity index (χ0n) is 9.83. The molecule has 1 fully saturated rings. The van der Waals surface area contributed by atoms with Gasteiger partial charge in [0.1, 0.15) is 0 Å². The monoisotopic (exact) mass is 271 g/mol. The fourth-order valence-corrected chi connectivity index (χ4v) is 2.62. The van der Waals surface area contributed by atoms with Gasteiger partial charge in [0.15, 0.2) is 0 Å². The van der Waals surface area contributed by atoms with E-state index >= 15 is 0 Å². The first-order chi connectivity index (χ1) is 8.46. The van der Waals surface area contributed by atoms with E-state index in [4.69, 9.17) is 5.73 Å². The molecule has 0 aliphatic heterocycles. The first-order valence-corrected chi connectivity index (χ1v) is 7.25. The van der Waals surface area contributed by atoms with Gasteiger partial charge in [-0.25, -0.2) is 0 Å². The fraction of sp³-hybridized carbons (Fsp3) is 0.455. The van der Waals surface area contributed by atoms with Crippen LogP contribution in [0.5, 0.6) is 0 Å². The Morgan fingerprint density at radius 1 is 1.33 bits per heavy atom. The number of hydrogen-bond donors (Lipinski definition) is 4. The summed E-state index contributed by atoms with van der Waals surface area (Å²) in [5.41, 5.74) is 6.75. The van der Waals surface area contributed by atoms with Gasteiger partial charge in [0.25, 0.3) is 10.2 Å². The molecule has 0 heterocycles. The van der Waals surface area contributed by atoms with E-state index in [9.17, 15) is 13.5 Å². The SMILES string of the molecule is Nc1ccc(C(O)CNS(=O)(=O)NC2CC2)cc1. The highest BCUT2D eigenvalue weighted by Crippen LogP contribution is 2.19. The third-order valence-corrected chi connectivity index (χ3v) is 3.88. The summed E-state index contributed by atoms with van der Waals surface area (Å²) in [7, 11) is -3.51. The number of rotatable bonds is 6. The van der Waals surface area contributed by atoms with Crippen LogP contribution >= 0.6 is 0 Å². The van der Waals surface area contributed by atoms with Gasteiger partial charge in [-0.3, -0.25) is 0 Å². The van der Waals surface area contributed by atoms with Gasteiger partial charge in [0.2, 0.25) is 0 Å². The lowest BCUT2D eigenvalue weighted by Gasteiger charge is -2.13. The number of anilines is 1. The van der Waals surface area contributed by atoms with E-state index in [0.29, 0.717) is 11.3 Å². The molecule has 1 aromatic carbocycles. The van der Waals surface area contributed by atoms with Crippen molar-refractivity contribution in [2.24, 2.45) is 0 Å². The predicted octanol–water partition coefficient (Wildman–Crippen LogP) is -0.111. The summed E-state index contributed by atoms with van der Waals surface area (Å²) >= 11 is 0. The summed E-state index contributed by atoms with van der Waals surface area (Å²) in [6.07, 6.45) is 0.865. The van der Waals surface area contributed by atoms with Crippen molar-refractivity contribution < 1.29 is 13.5 Å². The van der Waals surface area contributed by atoms with Crippen LogP contribution in [-0.2, 0) is 10.2 Å². The average Bonchev–Trinajstić information content (AvgIpc) is 3.10. The summed E-state index contributed by atoms with van der Waals surface area (Å²) in [6, 6.07) is 6.71. The number of nitrogens with one attached hydrogen (secondary N) is 2. The number of benzene rings is 1. The van der Waals surface area contributed by atoms with Crippen LogP contribution in [0.15, 0.2) is 24.3 Å². The van der Waals surface area contributed by atoms with Crippen molar-refractivity contribution in [1.82, 2.24) is 9.44 Å². The van der Waals surface area contributed by atoms with E-state index < -0.39 is 16.3 Å². The molecule has 1 aromatic rings. The third kappa shape index (κ3) is 3.95. The Morgan fingerprint density at radius 2 is 1.94 bits per heavy atom. The second-order valence-corrected chi connectivity index (χ2v) is 5.96. The molecule has 1 aliphatic carbocycles. The summed E-state index contributed by atoms with van der Waals surface area (Å²) < 4.78 is 27.8. The first kappa shape index (κ1) is 13.3. The topological polar surface area (TPSA) is 104 Å². The summed E-state index contributed by atoms with van der Waals surface area (Å²) in [6.45, 7) is -0.0635. The molecule has 0 saturated heterocycles. The van der Waals surface area contributed by atoms with Gasteiger partial charge < -0.3 is 10.8 Å². The van der Waals surface area contributed by atoms with Crippen LogP contribution in [0.25, 0.3) is 0 Å². The van der Waals surface area contributed by atoms with E-state index in [-0.39, 0.29) is 12.6 Å². The van der Waals surface area contributed by atoms with Crippen LogP contribution in [0.2, 0.25) is 0 Å². The van der Waals surface area contributed by atoms with Gasteiger partial charge >= 0.3 is 0 Å². The molecule has 2 rings (SSSR count). The molecule has 5 N–H and O–H groups in total. The van der Waals surface area contributed by atoms with Gasteiger partial charge in [-0.05, 0) is 30.5 Å². The summed E-state index contributed by atoms with van der Waals surface area (Å²) in [5, 5.41) is 9.83. The Kier molecular flexibility index (Phi) is 3.86. The number of hydrogen-bond acceptors (Lipinski definition) is 4. The van der Waals surface area contributed by atoms with E-state index in [1.54, 1.807) is 24.3 Å². The second kappa shape index (κ2) is 5.23. The number of nitrogen functional groups attached to an aromatic ring is 1. The Bertz CT molecular complexity index is 497. The minimum atomic E-state index is -3.51. The lowest BCUT2D eigenvalue weighted by molar-refractivity contribution is 0.182. The minimum Gasteiger partial charge on any atom is -0.399 e. The normalized spacial score (nSPS) is 17.6. The maximum Gasteiger partial charge on any atom is 0.277 e. The van der Waals surface area contributed by atoms with Crippen molar-refractivity contribution in [2.45, 2.75) is 25.0 Å². The number of aliphatic hydroxyl groups is 1. The van der Waals surface area contributed by atoms with Gasteiger partial charge in [-0.2, -0.15) is 17.9 Å². The molecule has 0 bridgehead atoms. The molecule has 100 valence electrons. The molecular weight excluding hydrogens is 254 g/mol. The van der Waals surface area contributed by atoms with Gasteiger partial charge in [-0.1, -0.05) is 12.1 Å². The van der Waals surface area contributed by atoms with Gasteiger partial charge in [-0.15, -0.1) is 0 Å². The quantitative estimate of drug-likeness (QED) is 0.542. The first-order valence-electron chi connectivity index (χ1n) is 5.77. The Morgan fingerprint density at radius 3 is 2.50 bits per heavy atom. The lowest BCUT2D eigenvalue weighted by atomic mass is 10.1. The van der Waals surface area contributed by atoms with Crippen molar-refractivity contribution in [3.8, 4) is 0 Å². The number of aliphatic hydroxyl groups excluding tert-OH is 1. The van der Waals surface area contributed by atoms with E-state index in [1.807, 2.05) is 0 Å². The smallest absolute Gasteiger partial charge is 0.277 e. The molecular formula is C11H17N3O3S. The Labute approximate surface area is 106 Å². The molecule has 1 saturated carbocycles. The van der Waals surface area contributed by atoms with Gasteiger partial charge in [0, 0.05) is 18.3 Å². The zero-order valence-corrected chi connectivity index (χ0v) is 10.7. The van der Waals surface area contributed by atoms with Crippen LogP contribution in [0, 0.1) is 0 Å². The summed E-state index contributed by atoms with van der Waals surface area (Å²) in [5.74, 6) is 0. The van der Waals surface area contributed by atoms with Gasteiger partial charge in [0.05, 0.1) is 6.10 Å².